The summed E-state index contributed by atoms with van der Waals surface area (Å²) >= 11 is 0. The van der Waals surface area contributed by atoms with Gasteiger partial charge in [0.05, 0.1) is 18.7 Å². The molecule has 0 aliphatic heterocycles. The smallest absolute Gasteiger partial charge is 0.338 e. The van der Waals surface area contributed by atoms with E-state index in [-0.39, 0.29) is 13.2 Å². The molecular weight excluding hydrogens is 362 g/mol. The highest BCUT2D eigenvalue weighted by atomic mass is 16.5. The second kappa shape index (κ2) is 9.86. The van der Waals surface area contributed by atoms with E-state index in [1.54, 1.807) is 19.1 Å². The SMILES string of the molecule is CCOC(=O)c1ccc(NC(=O)C(=O)NCC(=O)Nc2ccc(C)cc2)cc1. The predicted octanol–water partition coefficient (Wildman–Crippen LogP) is 1.87. The van der Waals surface area contributed by atoms with Crippen molar-refractivity contribution in [1.29, 1.82) is 0 Å². The van der Waals surface area contributed by atoms with Crippen molar-refractivity contribution in [2.75, 3.05) is 23.8 Å². The van der Waals surface area contributed by atoms with Crippen LogP contribution < -0.4 is 16.0 Å². The number of carbonyl (C=O) groups is 4. The number of esters is 1. The number of hydrogen-bond donors (Lipinski definition) is 3. The highest BCUT2D eigenvalue weighted by Crippen LogP contribution is 2.11. The van der Waals surface area contributed by atoms with Gasteiger partial charge in [-0.15, -0.1) is 0 Å². The minimum absolute atomic E-state index is 0.259. The van der Waals surface area contributed by atoms with Crippen LogP contribution in [0.3, 0.4) is 0 Å². The molecule has 0 unspecified atom stereocenters. The lowest BCUT2D eigenvalue weighted by molar-refractivity contribution is -0.136. The van der Waals surface area contributed by atoms with E-state index in [0.717, 1.165) is 5.56 Å². The molecular formula is C20H21N3O5. The minimum Gasteiger partial charge on any atom is -0.462 e. The number of rotatable bonds is 6. The van der Waals surface area contributed by atoms with E-state index in [0.29, 0.717) is 16.9 Å². The first-order valence-corrected chi connectivity index (χ1v) is 8.62. The molecule has 8 heteroatoms. The van der Waals surface area contributed by atoms with Crippen molar-refractivity contribution in [3.05, 3.63) is 59.7 Å². The average Bonchev–Trinajstić information content (AvgIpc) is 2.68. The Morgan fingerprint density at radius 2 is 1.39 bits per heavy atom. The fourth-order valence-corrected chi connectivity index (χ4v) is 2.17. The van der Waals surface area contributed by atoms with E-state index in [4.69, 9.17) is 4.74 Å². The molecule has 0 aliphatic carbocycles. The average molecular weight is 383 g/mol. The number of hydrogen-bond acceptors (Lipinski definition) is 5. The maximum Gasteiger partial charge on any atom is 0.338 e. The molecule has 0 aliphatic rings. The summed E-state index contributed by atoms with van der Waals surface area (Å²) in [7, 11) is 0. The van der Waals surface area contributed by atoms with Gasteiger partial charge in [-0.05, 0) is 50.2 Å². The largest absolute Gasteiger partial charge is 0.462 e. The van der Waals surface area contributed by atoms with Crippen LogP contribution >= 0.6 is 0 Å². The number of ether oxygens (including phenoxy) is 1. The van der Waals surface area contributed by atoms with Crippen molar-refractivity contribution in [2.45, 2.75) is 13.8 Å². The predicted molar refractivity (Wildman–Crippen MR) is 104 cm³/mol. The van der Waals surface area contributed by atoms with Gasteiger partial charge in [0.25, 0.3) is 0 Å². The Kier molecular flexibility index (Phi) is 7.27. The molecule has 0 radical (unpaired) electrons. The summed E-state index contributed by atoms with van der Waals surface area (Å²) in [5.74, 6) is -2.80. The Bertz CT molecular complexity index is 860. The Labute approximate surface area is 162 Å². The van der Waals surface area contributed by atoms with E-state index in [9.17, 15) is 19.2 Å². The molecule has 0 heterocycles. The van der Waals surface area contributed by atoms with Crippen LogP contribution in [0.5, 0.6) is 0 Å². The van der Waals surface area contributed by atoms with Crippen molar-refractivity contribution >= 4 is 35.1 Å². The zero-order valence-electron chi connectivity index (χ0n) is 15.6. The van der Waals surface area contributed by atoms with Crippen LogP contribution in [0.2, 0.25) is 0 Å². The van der Waals surface area contributed by atoms with Crippen LogP contribution in [0, 0.1) is 6.92 Å². The van der Waals surface area contributed by atoms with Crippen LogP contribution in [0.25, 0.3) is 0 Å². The van der Waals surface area contributed by atoms with Gasteiger partial charge in [0.2, 0.25) is 5.91 Å². The monoisotopic (exact) mass is 383 g/mol. The zero-order valence-corrected chi connectivity index (χ0v) is 15.6. The van der Waals surface area contributed by atoms with Crippen LogP contribution in [0.1, 0.15) is 22.8 Å². The number of anilines is 2. The van der Waals surface area contributed by atoms with Gasteiger partial charge in [-0.3, -0.25) is 14.4 Å². The fraction of sp³-hybridized carbons (Fsp3) is 0.200. The minimum atomic E-state index is -0.950. The molecule has 0 saturated carbocycles. The number of carbonyl (C=O) groups excluding carboxylic acids is 4. The van der Waals surface area contributed by atoms with E-state index < -0.39 is 23.7 Å². The first-order valence-electron chi connectivity index (χ1n) is 8.62. The number of nitrogens with one attached hydrogen (secondary N) is 3. The van der Waals surface area contributed by atoms with Gasteiger partial charge in [0, 0.05) is 11.4 Å². The van der Waals surface area contributed by atoms with Gasteiger partial charge in [-0.1, -0.05) is 17.7 Å². The van der Waals surface area contributed by atoms with E-state index in [1.165, 1.54) is 24.3 Å². The quantitative estimate of drug-likeness (QED) is 0.520. The van der Waals surface area contributed by atoms with Crippen LogP contribution in [-0.4, -0.2) is 36.8 Å². The second-order valence-corrected chi connectivity index (χ2v) is 5.85. The molecule has 2 aromatic rings. The van der Waals surface area contributed by atoms with Gasteiger partial charge in [0.1, 0.15) is 0 Å². The second-order valence-electron chi connectivity index (χ2n) is 5.85. The first-order chi connectivity index (χ1) is 13.4. The third-order valence-corrected chi connectivity index (χ3v) is 3.60. The van der Waals surface area contributed by atoms with Gasteiger partial charge >= 0.3 is 17.8 Å². The third kappa shape index (κ3) is 6.24. The Hall–Kier alpha value is -3.68. The number of aryl methyl sites for hydroxylation is 1. The van der Waals surface area contributed by atoms with Crippen molar-refractivity contribution in [3.63, 3.8) is 0 Å². The summed E-state index contributed by atoms with van der Waals surface area (Å²) in [6.45, 7) is 3.54. The molecule has 2 rings (SSSR count). The molecule has 0 fully saturated rings. The highest BCUT2D eigenvalue weighted by molar-refractivity contribution is 6.39. The molecule has 0 aromatic heterocycles. The Morgan fingerprint density at radius 1 is 0.821 bits per heavy atom. The van der Waals surface area contributed by atoms with E-state index >= 15 is 0 Å². The first kappa shape index (κ1) is 20.6. The maximum absolute atomic E-state index is 11.9. The standard InChI is InChI=1S/C20H21N3O5/c1-3-28-20(27)14-6-10-16(11-7-14)23-19(26)18(25)21-12-17(24)22-15-8-4-13(2)5-9-15/h4-11H,3,12H2,1-2H3,(H,21,25)(H,22,24)(H,23,26). The van der Waals surface area contributed by atoms with Crippen molar-refractivity contribution in [1.82, 2.24) is 5.32 Å². The molecule has 146 valence electrons. The zero-order chi connectivity index (χ0) is 20.5. The lowest BCUT2D eigenvalue weighted by Gasteiger charge is -2.08. The van der Waals surface area contributed by atoms with Crippen LogP contribution in [-0.2, 0) is 19.1 Å². The summed E-state index contributed by atoms with van der Waals surface area (Å²) in [5.41, 5.74) is 2.31. The lowest BCUT2D eigenvalue weighted by Crippen LogP contribution is -2.39. The van der Waals surface area contributed by atoms with Crippen LogP contribution in [0.15, 0.2) is 48.5 Å². The van der Waals surface area contributed by atoms with Gasteiger partial charge < -0.3 is 20.7 Å². The van der Waals surface area contributed by atoms with Gasteiger partial charge in [-0.2, -0.15) is 0 Å². The Balaban J connectivity index is 1.80. The summed E-state index contributed by atoms with van der Waals surface area (Å²) in [6, 6.07) is 13.1. The molecule has 2 aromatic carbocycles. The van der Waals surface area contributed by atoms with Gasteiger partial charge in [0.15, 0.2) is 0 Å². The molecule has 0 bridgehead atoms. The van der Waals surface area contributed by atoms with Crippen molar-refractivity contribution in [3.8, 4) is 0 Å². The normalized spacial score (nSPS) is 9.93. The number of amides is 3. The lowest BCUT2D eigenvalue weighted by atomic mass is 10.2. The van der Waals surface area contributed by atoms with E-state index in [2.05, 4.69) is 16.0 Å². The fourth-order valence-electron chi connectivity index (χ4n) is 2.17. The molecule has 3 N–H and O–H groups in total. The highest BCUT2D eigenvalue weighted by Gasteiger charge is 2.15. The molecule has 8 nitrogen and oxygen atoms in total. The maximum atomic E-state index is 11.9. The third-order valence-electron chi connectivity index (χ3n) is 3.60. The topological polar surface area (TPSA) is 114 Å². The molecule has 0 saturated heterocycles. The summed E-state index contributed by atoms with van der Waals surface area (Å²) in [4.78, 5) is 47.1. The Morgan fingerprint density at radius 3 is 2.00 bits per heavy atom. The van der Waals surface area contributed by atoms with Crippen molar-refractivity contribution in [2.24, 2.45) is 0 Å². The van der Waals surface area contributed by atoms with Crippen LogP contribution in [0.4, 0.5) is 11.4 Å². The number of benzene rings is 2. The van der Waals surface area contributed by atoms with Gasteiger partial charge in [-0.25, -0.2) is 4.79 Å². The molecule has 28 heavy (non-hydrogen) atoms. The molecule has 0 spiro atoms. The molecule has 0 atom stereocenters. The summed E-state index contributed by atoms with van der Waals surface area (Å²) in [6.07, 6.45) is 0. The van der Waals surface area contributed by atoms with Crippen molar-refractivity contribution < 1.29 is 23.9 Å². The van der Waals surface area contributed by atoms with E-state index in [1.807, 2.05) is 19.1 Å². The molecule has 3 amide bonds. The summed E-state index contributed by atoms with van der Waals surface area (Å²) in [5, 5.41) is 7.24. The summed E-state index contributed by atoms with van der Waals surface area (Å²) < 4.78 is 4.86.